The predicted molar refractivity (Wildman–Crippen MR) is 73.5 cm³/mol. The van der Waals surface area contributed by atoms with E-state index in [-0.39, 0.29) is 5.97 Å². The molecule has 0 unspecified atom stereocenters. The summed E-state index contributed by atoms with van der Waals surface area (Å²) in [4.78, 5) is 29.7. The minimum atomic E-state index is -0.461. The molecule has 1 heterocycles. The Morgan fingerprint density at radius 3 is 2.42 bits per heavy atom. The Balaban J connectivity index is 2.33. The molecule has 0 N–H and O–H groups in total. The average Bonchev–Trinajstić information content (AvgIpc) is 2.35. The van der Waals surface area contributed by atoms with Crippen molar-refractivity contribution in [2.75, 3.05) is 26.7 Å². The fourth-order valence-electron chi connectivity index (χ4n) is 2.07. The molecule has 5 heteroatoms. The van der Waals surface area contributed by atoms with Gasteiger partial charge in [0, 0.05) is 32.1 Å². The van der Waals surface area contributed by atoms with Gasteiger partial charge in [0.15, 0.2) is 0 Å². The van der Waals surface area contributed by atoms with E-state index in [0.29, 0.717) is 12.5 Å². The normalized spacial score (nSPS) is 18.6. The van der Waals surface area contributed by atoms with Gasteiger partial charge in [-0.05, 0) is 40.7 Å². The molecule has 0 atom stereocenters. The quantitative estimate of drug-likeness (QED) is 0.708. The third-order valence-corrected chi connectivity index (χ3v) is 3.47. The number of nitrogens with zero attached hydrogens (tertiary/aromatic N) is 2. The van der Waals surface area contributed by atoms with Gasteiger partial charge in [0.2, 0.25) is 0 Å². The van der Waals surface area contributed by atoms with Crippen molar-refractivity contribution in [2.24, 2.45) is 5.41 Å². The molecule has 0 aliphatic carbocycles. The van der Waals surface area contributed by atoms with Crippen molar-refractivity contribution in [1.29, 1.82) is 0 Å². The van der Waals surface area contributed by atoms with Gasteiger partial charge in [0.25, 0.3) is 0 Å². The highest BCUT2D eigenvalue weighted by Gasteiger charge is 2.29. The Labute approximate surface area is 115 Å². The molecule has 0 aromatic carbocycles. The molecule has 1 aliphatic rings. The van der Waals surface area contributed by atoms with E-state index >= 15 is 0 Å². The van der Waals surface area contributed by atoms with Crippen LogP contribution in [0.4, 0.5) is 0 Å². The third kappa shape index (κ3) is 5.28. The smallest absolute Gasteiger partial charge is 0.330 e. The van der Waals surface area contributed by atoms with E-state index in [9.17, 15) is 9.59 Å². The van der Waals surface area contributed by atoms with Crippen LogP contribution in [0.5, 0.6) is 0 Å². The van der Waals surface area contributed by atoms with Crippen molar-refractivity contribution in [1.82, 2.24) is 9.96 Å². The monoisotopic (exact) mass is 270 g/mol. The first-order valence-electron chi connectivity index (χ1n) is 6.96. The number of rotatable bonds is 5. The fourth-order valence-corrected chi connectivity index (χ4v) is 2.07. The van der Waals surface area contributed by atoms with Crippen molar-refractivity contribution >= 4 is 12.3 Å². The number of aldehydes is 1. The highest BCUT2D eigenvalue weighted by atomic mass is 16.7. The van der Waals surface area contributed by atoms with Gasteiger partial charge in [-0.1, -0.05) is 0 Å². The summed E-state index contributed by atoms with van der Waals surface area (Å²) in [7, 11) is 2.05. The average molecular weight is 270 g/mol. The lowest BCUT2D eigenvalue weighted by molar-refractivity contribution is -0.206. The van der Waals surface area contributed by atoms with E-state index in [1.807, 2.05) is 27.8 Å². The molecule has 0 aromatic heterocycles. The standard InChI is InChI=1S/C14H26N2O3/c1-14(2,3)13(18)19-16-9-6-12(7-10-16)15(4)8-5-11-17/h11-12H,5-10H2,1-4H3. The van der Waals surface area contributed by atoms with Crippen molar-refractivity contribution < 1.29 is 14.4 Å². The minimum absolute atomic E-state index is 0.180. The third-order valence-electron chi connectivity index (χ3n) is 3.47. The number of carbonyl (C=O) groups excluding carboxylic acids is 2. The number of carbonyl (C=O) groups is 2. The molecule has 19 heavy (non-hydrogen) atoms. The van der Waals surface area contributed by atoms with Crippen LogP contribution in [0, 0.1) is 5.41 Å². The molecule has 1 saturated heterocycles. The van der Waals surface area contributed by atoms with Crippen molar-refractivity contribution in [3.8, 4) is 0 Å². The van der Waals surface area contributed by atoms with Gasteiger partial charge in [0.1, 0.15) is 6.29 Å². The molecule has 0 spiro atoms. The Bertz CT molecular complexity index is 304. The van der Waals surface area contributed by atoms with Gasteiger partial charge in [-0.25, -0.2) is 4.79 Å². The van der Waals surface area contributed by atoms with Crippen LogP contribution in [0.25, 0.3) is 0 Å². The summed E-state index contributed by atoms with van der Waals surface area (Å²) in [6.07, 6.45) is 3.46. The Kier molecular flexibility index (Phi) is 5.94. The zero-order valence-electron chi connectivity index (χ0n) is 12.5. The van der Waals surface area contributed by atoms with E-state index < -0.39 is 5.41 Å². The second kappa shape index (κ2) is 7.01. The summed E-state index contributed by atoms with van der Waals surface area (Å²) in [5.41, 5.74) is -0.461. The second-order valence-corrected chi connectivity index (χ2v) is 6.22. The topological polar surface area (TPSA) is 49.9 Å². The number of hydroxylamine groups is 2. The van der Waals surface area contributed by atoms with Crippen LogP contribution in [0.2, 0.25) is 0 Å². The van der Waals surface area contributed by atoms with Gasteiger partial charge in [0.05, 0.1) is 5.41 Å². The summed E-state index contributed by atoms with van der Waals surface area (Å²) >= 11 is 0. The van der Waals surface area contributed by atoms with E-state index in [0.717, 1.165) is 38.8 Å². The van der Waals surface area contributed by atoms with Crippen molar-refractivity contribution in [3.05, 3.63) is 0 Å². The maximum absolute atomic E-state index is 11.8. The summed E-state index contributed by atoms with van der Waals surface area (Å²) in [6, 6.07) is 0.476. The van der Waals surface area contributed by atoms with Crippen LogP contribution in [0.3, 0.4) is 0 Å². The van der Waals surface area contributed by atoms with Crippen LogP contribution in [-0.2, 0) is 14.4 Å². The predicted octanol–water partition coefficient (Wildman–Crippen LogP) is 1.48. The van der Waals surface area contributed by atoms with Gasteiger partial charge < -0.3 is 14.5 Å². The molecule has 1 rings (SSSR count). The molecule has 0 radical (unpaired) electrons. The molecule has 0 amide bonds. The number of hydrogen-bond donors (Lipinski definition) is 0. The van der Waals surface area contributed by atoms with Crippen LogP contribution < -0.4 is 0 Å². The van der Waals surface area contributed by atoms with Gasteiger partial charge in [-0.2, -0.15) is 0 Å². The lowest BCUT2D eigenvalue weighted by atomic mass is 9.98. The maximum atomic E-state index is 11.8. The fraction of sp³-hybridized carbons (Fsp3) is 0.857. The summed E-state index contributed by atoms with van der Waals surface area (Å²) < 4.78 is 0. The van der Waals surface area contributed by atoms with E-state index in [1.54, 1.807) is 5.06 Å². The number of hydrogen-bond acceptors (Lipinski definition) is 5. The van der Waals surface area contributed by atoms with Gasteiger partial charge in [-0.15, -0.1) is 5.06 Å². The van der Waals surface area contributed by atoms with Crippen LogP contribution in [0.1, 0.15) is 40.0 Å². The number of piperidine rings is 1. The Morgan fingerprint density at radius 2 is 1.95 bits per heavy atom. The van der Waals surface area contributed by atoms with Crippen LogP contribution >= 0.6 is 0 Å². The maximum Gasteiger partial charge on any atom is 0.330 e. The van der Waals surface area contributed by atoms with Crippen LogP contribution in [-0.4, -0.2) is 54.9 Å². The molecular formula is C14H26N2O3. The van der Waals surface area contributed by atoms with E-state index in [2.05, 4.69) is 4.90 Å². The molecule has 0 bridgehead atoms. The van der Waals surface area contributed by atoms with E-state index in [1.165, 1.54) is 0 Å². The first-order chi connectivity index (χ1) is 8.84. The Hall–Kier alpha value is -0.940. The molecule has 1 aliphatic heterocycles. The molecule has 0 saturated carbocycles. The van der Waals surface area contributed by atoms with Crippen molar-refractivity contribution in [3.63, 3.8) is 0 Å². The van der Waals surface area contributed by atoms with Gasteiger partial charge in [-0.3, -0.25) is 0 Å². The summed E-state index contributed by atoms with van der Waals surface area (Å²) in [5, 5.41) is 1.76. The van der Waals surface area contributed by atoms with Crippen molar-refractivity contribution in [2.45, 2.75) is 46.1 Å². The summed E-state index contributed by atoms with van der Waals surface area (Å²) in [6.45, 7) is 7.89. The Morgan fingerprint density at radius 1 is 1.37 bits per heavy atom. The van der Waals surface area contributed by atoms with Gasteiger partial charge >= 0.3 is 5.97 Å². The zero-order valence-corrected chi connectivity index (χ0v) is 12.5. The van der Waals surface area contributed by atoms with E-state index in [4.69, 9.17) is 4.84 Å². The summed E-state index contributed by atoms with van der Waals surface area (Å²) in [5.74, 6) is -0.180. The molecule has 1 fully saturated rings. The highest BCUT2D eigenvalue weighted by Crippen LogP contribution is 2.20. The molecule has 5 nitrogen and oxygen atoms in total. The lowest BCUT2D eigenvalue weighted by Gasteiger charge is -2.36. The first kappa shape index (κ1) is 16.1. The first-order valence-corrected chi connectivity index (χ1v) is 6.96. The van der Waals surface area contributed by atoms with Crippen LogP contribution in [0.15, 0.2) is 0 Å². The largest absolute Gasteiger partial charge is 0.367 e. The zero-order chi connectivity index (χ0) is 14.5. The molecule has 110 valence electrons. The lowest BCUT2D eigenvalue weighted by Crippen LogP contribution is -2.45. The minimum Gasteiger partial charge on any atom is -0.367 e. The SMILES string of the molecule is CN(CCC=O)C1CCN(OC(=O)C(C)(C)C)CC1. The molecule has 0 aromatic rings. The second-order valence-electron chi connectivity index (χ2n) is 6.22. The highest BCUT2D eigenvalue weighted by molar-refractivity contribution is 5.75. The molecular weight excluding hydrogens is 244 g/mol.